The highest BCUT2D eigenvalue weighted by molar-refractivity contribution is 5.46. The number of fused-ring (bicyclic) bond motifs is 1. The van der Waals surface area contributed by atoms with Crippen LogP contribution in [0.1, 0.15) is 49.7 Å². The molecule has 180 valence electrons. The molecule has 5 nitrogen and oxygen atoms in total. The largest absolute Gasteiger partial charge is 0.493 e. The van der Waals surface area contributed by atoms with Crippen LogP contribution in [0, 0.1) is 5.92 Å². The molecule has 0 amide bonds. The number of nitrogens with zero attached hydrogens (tertiary/aromatic N) is 1. The molecule has 0 radical (unpaired) electrons. The van der Waals surface area contributed by atoms with Crippen molar-refractivity contribution in [2.45, 2.75) is 50.9 Å². The van der Waals surface area contributed by atoms with Crippen LogP contribution >= 0.6 is 0 Å². The van der Waals surface area contributed by atoms with Gasteiger partial charge in [0.15, 0.2) is 11.5 Å². The molecular weight excluding hydrogens is 435 g/mol. The number of hydrogen-bond donors (Lipinski definition) is 1. The van der Waals surface area contributed by atoms with Crippen molar-refractivity contribution in [3.63, 3.8) is 0 Å². The number of halogens is 3. The molecule has 2 aliphatic rings. The molecule has 4 rings (SSSR count). The van der Waals surface area contributed by atoms with Crippen LogP contribution in [0.2, 0.25) is 0 Å². The van der Waals surface area contributed by atoms with Crippen molar-refractivity contribution in [2.75, 3.05) is 26.5 Å². The van der Waals surface area contributed by atoms with Crippen LogP contribution in [-0.4, -0.2) is 42.7 Å². The van der Waals surface area contributed by atoms with Crippen LogP contribution in [0.25, 0.3) is 0 Å². The molecule has 8 heteroatoms. The quantitative estimate of drug-likeness (QED) is 0.527. The molecular formula is C25H30F3NO4. The summed E-state index contributed by atoms with van der Waals surface area (Å²) >= 11 is 0. The third-order valence-electron chi connectivity index (χ3n) is 6.48. The topological polar surface area (TPSA) is 51.2 Å². The van der Waals surface area contributed by atoms with Gasteiger partial charge in [-0.15, -0.1) is 0 Å². The van der Waals surface area contributed by atoms with Crippen molar-refractivity contribution in [1.29, 1.82) is 0 Å². The van der Waals surface area contributed by atoms with Gasteiger partial charge in [0.25, 0.3) is 0 Å². The predicted molar refractivity (Wildman–Crippen MR) is 117 cm³/mol. The first-order valence-electron chi connectivity index (χ1n) is 11.5. The second-order valence-corrected chi connectivity index (χ2v) is 8.67. The summed E-state index contributed by atoms with van der Waals surface area (Å²) in [6.07, 6.45) is -1.44. The van der Waals surface area contributed by atoms with E-state index in [0.717, 1.165) is 31.9 Å². The summed E-state index contributed by atoms with van der Waals surface area (Å²) in [7, 11) is 0. The Morgan fingerprint density at radius 2 is 1.91 bits per heavy atom. The van der Waals surface area contributed by atoms with E-state index in [2.05, 4.69) is 6.92 Å². The number of benzene rings is 2. The van der Waals surface area contributed by atoms with Crippen LogP contribution in [0.3, 0.4) is 0 Å². The smallest absolute Gasteiger partial charge is 0.416 e. The number of rotatable bonds is 8. The first kappa shape index (κ1) is 23.7. The average molecular weight is 466 g/mol. The van der Waals surface area contributed by atoms with Gasteiger partial charge in [0.05, 0.1) is 12.2 Å². The minimum atomic E-state index is -4.41. The SMILES string of the molecule is CCCCCN1CCC(c2cccc(C(F)(F)F)c2)[C@H](COc2ccc3c(c2)OCO3)[C@H]1O. The Labute approximate surface area is 192 Å². The monoisotopic (exact) mass is 465 g/mol. The van der Waals surface area contributed by atoms with E-state index in [0.29, 0.717) is 35.8 Å². The number of aliphatic hydroxyl groups excluding tert-OH is 1. The van der Waals surface area contributed by atoms with Gasteiger partial charge in [0.2, 0.25) is 6.79 Å². The van der Waals surface area contributed by atoms with Crippen LogP contribution < -0.4 is 14.2 Å². The van der Waals surface area contributed by atoms with E-state index < -0.39 is 18.0 Å². The van der Waals surface area contributed by atoms with Gasteiger partial charge in [0, 0.05) is 25.1 Å². The Morgan fingerprint density at radius 3 is 2.70 bits per heavy atom. The normalized spacial score (nSPS) is 23.0. The highest BCUT2D eigenvalue weighted by Gasteiger charge is 2.39. The number of aliphatic hydroxyl groups is 1. The summed E-state index contributed by atoms with van der Waals surface area (Å²) in [6.45, 7) is 3.84. The number of hydrogen-bond acceptors (Lipinski definition) is 5. The number of alkyl halides is 3. The van der Waals surface area contributed by atoms with Crippen molar-refractivity contribution in [3.05, 3.63) is 53.6 Å². The van der Waals surface area contributed by atoms with Crippen molar-refractivity contribution in [2.24, 2.45) is 5.92 Å². The third kappa shape index (κ3) is 5.55. The number of unbranched alkanes of at least 4 members (excludes halogenated alkanes) is 2. The van der Waals surface area contributed by atoms with Gasteiger partial charge in [-0.05, 0) is 42.5 Å². The lowest BCUT2D eigenvalue weighted by Gasteiger charge is -2.43. The van der Waals surface area contributed by atoms with E-state index in [-0.39, 0.29) is 25.2 Å². The highest BCUT2D eigenvalue weighted by Crippen LogP contribution is 2.40. The predicted octanol–water partition coefficient (Wildman–Crippen LogP) is 5.43. The first-order valence-corrected chi connectivity index (χ1v) is 11.5. The summed E-state index contributed by atoms with van der Waals surface area (Å²) in [6, 6.07) is 10.7. The van der Waals surface area contributed by atoms with E-state index in [9.17, 15) is 18.3 Å². The standard InChI is InChI=1S/C25H30F3NO4/c1-2-3-4-11-29-12-10-20(17-6-5-7-18(13-17)25(26,27)28)21(24(29)30)15-31-19-8-9-22-23(14-19)33-16-32-22/h5-9,13-14,20-21,24,30H,2-4,10-12,15-16H2,1H3/t20?,21-,24+/m0/s1. The number of ether oxygens (including phenoxy) is 3. The van der Waals surface area contributed by atoms with Gasteiger partial charge in [-0.3, -0.25) is 4.90 Å². The lowest BCUT2D eigenvalue weighted by Crippen LogP contribution is -2.50. The fourth-order valence-electron chi connectivity index (χ4n) is 4.66. The maximum atomic E-state index is 13.3. The molecule has 1 N–H and O–H groups in total. The summed E-state index contributed by atoms with van der Waals surface area (Å²) in [5, 5.41) is 11.2. The Hall–Kier alpha value is -2.45. The minimum Gasteiger partial charge on any atom is -0.493 e. The van der Waals surface area contributed by atoms with Crippen molar-refractivity contribution in [1.82, 2.24) is 4.90 Å². The Bertz CT molecular complexity index is 936. The second-order valence-electron chi connectivity index (χ2n) is 8.67. The lowest BCUT2D eigenvalue weighted by molar-refractivity contribution is -0.137. The van der Waals surface area contributed by atoms with Gasteiger partial charge < -0.3 is 19.3 Å². The molecule has 2 heterocycles. The molecule has 2 aliphatic heterocycles. The van der Waals surface area contributed by atoms with Crippen LogP contribution in [-0.2, 0) is 6.18 Å². The van der Waals surface area contributed by atoms with E-state index in [1.165, 1.54) is 12.1 Å². The summed E-state index contributed by atoms with van der Waals surface area (Å²) in [5.41, 5.74) is -0.0910. The lowest BCUT2D eigenvalue weighted by atomic mass is 9.79. The van der Waals surface area contributed by atoms with Gasteiger partial charge in [-0.2, -0.15) is 13.2 Å². The van der Waals surface area contributed by atoms with Gasteiger partial charge in [-0.25, -0.2) is 0 Å². The molecule has 33 heavy (non-hydrogen) atoms. The first-order chi connectivity index (χ1) is 15.9. The van der Waals surface area contributed by atoms with Crippen LogP contribution in [0.15, 0.2) is 42.5 Å². The Balaban J connectivity index is 1.54. The average Bonchev–Trinajstić information content (AvgIpc) is 3.27. The zero-order chi connectivity index (χ0) is 23.4. The maximum absolute atomic E-state index is 13.3. The van der Waals surface area contributed by atoms with Crippen molar-refractivity contribution < 1.29 is 32.5 Å². The molecule has 0 saturated carbocycles. The van der Waals surface area contributed by atoms with E-state index in [1.54, 1.807) is 24.3 Å². The fourth-order valence-corrected chi connectivity index (χ4v) is 4.66. The molecule has 1 saturated heterocycles. The zero-order valence-electron chi connectivity index (χ0n) is 18.7. The number of piperidine rings is 1. The third-order valence-corrected chi connectivity index (χ3v) is 6.48. The fraction of sp³-hybridized carbons (Fsp3) is 0.520. The molecule has 2 aromatic rings. The van der Waals surface area contributed by atoms with Crippen LogP contribution in [0.4, 0.5) is 13.2 Å². The Kier molecular flexibility index (Phi) is 7.34. The zero-order valence-corrected chi connectivity index (χ0v) is 18.7. The van der Waals surface area contributed by atoms with Gasteiger partial charge >= 0.3 is 6.18 Å². The Morgan fingerprint density at radius 1 is 1.09 bits per heavy atom. The molecule has 3 atom stereocenters. The van der Waals surface area contributed by atoms with Crippen molar-refractivity contribution in [3.8, 4) is 17.2 Å². The summed E-state index contributed by atoms with van der Waals surface area (Å²) < 4.78 is 56.7. The molecule has 1 fully saturated rings. The van der Waals surface area contributed by atoms with E-state index in [4.69, 9.17) is 14.2 Å². The van der Waals surface area contributed by atoms with E-state index in [1.807, 2.05) is 4.90 Å². The summed E-state index contributed by atoms with van der Waals surface area (Å²) in [4.78, 5) is 2.02. The second kappa shape index (κ2) is 10.2. The highest BCUT2D eigenvalue weighted by atomic mass is 19.4. The van der Waals surface area contributed by atoms with E-state index >= 15 is 0 Å². The van der Waals surface area contributed by atoms with Gasteiger partial charge in [0.1, 0.15) is 12.0 Å². The molecule has 2 aromatic carbocycles. The molecule has 0 aliphatic carbocycles. The van der Waals surface area contributed by atoms with Gasteiger partial charge in [-0.1, -0.05) is 38.0 Å². The molecule has 0 bridgehead atoms. The number of likely N-dealkylation sites (tertiary alicyclic amines) is 1. The minimum absolute atomic E-state index is 0.157. The summed E-state index contributed by atoms with van der Waals surface area (Å²) in [5.74, 6) is 1.17. The molecule has 1 unspecified atom stereocenters. The molecule has 0 spiro atoms. The van der Waals surface area contributed by atoms with Crippen molar-refractivity contribution >= 4 is 0 Å². The van der Waals surface area contributed by atoms with Crippen LogP contribution in [0.5, 0.6) is 17.2 Å². The maximum Gasteiger partial charge on any atom is 0.416 e. The molecule has 0 aromatic heterocycles.